The SMILES string of the molecule is CCCOc1nc(NCC)nc(OCC(C)C)n1. The summed E-state index contributed by atoms with van der Waals surface area (Å²) in [5, 5.41) is 3.03. The third-order valence-electron chi connectivity index (χ3n) is 1.91. The zero-order chi connectivity index (χ0) is 13.4. The largest absolute Gasteiger partial charge is 0.463 e. The van der Waals surface area contributed by atoms with E-state index in [-0.39, 0.29) is 0 Å². The number of nitrogens with one attached hydrogen (secondary N) is 1. The van der Waals surface area contributed by atoms with Crippen molar-refractivity contribution in [1.29, 1.82) is 0 Å². The fourth-order valence-electron chi connectivity index (χ4n) is 1.14. The Morgan fingerprint density at radius 3 is 2.28 bits per heavy atom. The van der Waals surface area contributed by atoms with Gasteiger partial charge in [0.05, 0.1) is 13.2 Å². The van der Waals surface area contributed by atoms with Gasteiger partial charge in [0.2, 0.25) is 5.95 Å². The molecule has 1 heterocycles. The molecule has 0 bridgehead atoms. The van der Waals surface area contributed by atoms with Crippen molar-refractivity contribution in [2.75, 3.05) is 25.1 Å². The lowest BCUT2D eigenvalue weighted by molar-refractivity contribution is 0.237. The van der Waals surface area contributed by atoms with E-state index in [1.165, 1.54) is 0 Å². The Labute approximate surface area is 108 Å². The molecule has 6 nitrogen and oxygen atoms in total. The highest BCUT2D eigenvalue weighted by Gasteiger charge is 2.08. The van der Waals surface area contributed by atoms with Crippen molar-refractivity contribution in [1.82, 2.24) is 15.0 Å². The molecule has 0 aliphatic heterocycles. The van der Waals surface area contributed by atoms with E-state index >= 15 is 0 Å². The van der Waals surface area contributed by atoms with Gasteiger partial charge in [-0.05, 0) is 19.3 Å². The smallest absolute Gasteiger partial charge is 0.324 e. The van der Waals surface area contributed by atoms with Crippen LogP contribution in [0.15, 0.2) is 0 Å². The van der Waals surface area contributed by atoms with Gasteiger partial charge in [-0.25, -0.2) is 0 Å². The van der Waals surface area contributed by atoms with Gasteiger partial charge < -0.3 is 14.8 Å². The van der Waals surface area contributed by atoms with E-state index in [0.29, 0.717) is 37.1 Å². The van der Waals surface area contributed by atoms with E-state index in [2.05, 4.69) is 34.1 Å². The zero-order valence-electron chi connectivity index (χ0n) is 11.6. The summed E-state index contributed by atoms with van der Waals surface area (Å²) >= 11 is 0. The first-order valence-electron chi connectivity index (χ1n) is 6.41. The van der Waals surface area contributed by atoms with Crippen LogP contribution in [0.2, 0.25) is 0 Å². The number of hydrogen-bond acceptors (Lipinski definition) is 6. The second kappa shape index (κ2) is 7.68. The van der Waals surface area contributed by atoms with E-state index in [0.717, 1.165) is 13.0 Å². The molecular formula is C12H22N4O2. The van der Waals surface area contributed by atoms with Crippen LogP contribution in [0.25, 0.3) is 0 Å². The van der Waals surface area contributed by atoms with Crippen LogP contribution < -0.4 is 14.8 Å². The molecular weight excluding hydrogens is 232 g/mol. The highest BCUT2D eigenvalue weighted by molar-refractivity contribution is 5.27. The zero-order valence-corrected chi connectivity index (χ0v) is 11.6. The van der Waals surface area contributed by atoms with E-state index in [1.807, 2.05) is 13.8 Å². The molecule has 0 aliphatic rings. The topological polar surface area (TPSA) is 69.2 Å². The van der Waals surface area contributed by atoms with Crippen molar-refractivity contribution >= 4 is 5.95 Å². The van der Waals surface area contributed by atoms with Gasteiger partial charge in [0.15, 0.2) is 0 Å². The second-order valence-electron chi connectivity index (χ2n) is 4.31. The van der Waals surface area contributed by atoms with Crippen molar-refractivity contribution in [2.24, 2.45) is 5.92 Å². The maximum Gasteiger partial charge on any atom is 0.324 e. The van der Waals surface area contributed by atoms with Crippen LogP contribution in [0.5, 0.6) is 12.0 Å². The van der Waals surface area contributed by atoms with Crippen molar-refractivity contribution < 1.29 is 9.47 Å². The third-order valence-corrected chi connectivity index (χ3v) is 1.91. The Bertz CT molecular complexity index is 358. The van der Waals surface area contributed by atoms with Gasteiger partial charge in [0.25, 0.3) is 0 Å². The summed E-state index contributed by atoms with van der Waals surface area (Å²) in [4.78, 5) is 12.4. The fraction of sp³-hybridized carbons (Fsp3) is 0.750. The molecule has 0 atom stereocenters. The molecule has 0 saturated heterocycles. The molecule has 1 aromatic heterocycles. The molecule has 102 valence electrons. The lowest BCUT2D eigenvalue weighted by Crippen LogP contribution is -2.11. The van der Waals surface area contributed by atoms with Crippen LogP contribution in [0.4, 0.5) is 5.95 Å². The van der Waals surface area contributed by atoms with Crippen LogP contribution in [0.1, 0.15) is 34.1 Å². The second-order valence-corrected chi connectivity index (χ2v) is 4.31. The molecule has 1 rings (SSSR count). The van der Waals surface area contributed by atoms with Crippen molar-refractivity contribution in [3.05, 3.63) is 0 Å². The van der Waals surface area contributed by atoms with Crippen LogP contribution in [-0.4, -0.2) is 34.7 Å². The van der Waals surface area contributed by atoms with Gasteiger partial charge in [-0.3, -0.25) is 0 Å². The summed E-state index contributed by atoms with van der Waals surface area (Å²) in [6.45, 7) is 10.0. The molecule has 0 radical (unpaired) electrons. The molecule has 1 N–H and O–H groups in total. The lowest BCUT2D eigenvalue weighted by Gasteiger charge is -2.10. The van der Waals surface area contributed by atoms with Crippen molar-refractivity contribution in [3.8, 4) is 12.0 Å². The summed E-state index contributed by atoms with van der Waals surface area (Å²) in [5.74, 6) is 0.904. The Hall–Kier alpha value is -1.59. The summed E-state index contributed by atoms with van der Waals surface area (Å²) < 4.78 is 10.9. The summed E-state index contributed by atoms with van der Waals surface area (Å²) in [6.07, 6.45) is 0.907. The van der Waals surface area contributed by atoms with Crippen molar-refractivity contribution in [3.63, 3.8) is 0 Å². The predicted molar refractivity (Wildman–Crippen MR) is 70.1 cm³/mol. The van der Waals surface area contributed by atoms with E-state index in [9.17, 15) is 0 Å². The maximum atomic E-state index is 5.49. The molecule has 0 aliphatic carbocycles. The average Bonchev–Trinajstić information content (AvgIpc) is 2.34. The van der Waals surface area contributed by atoms with Gasteiger partial charge in [-0.15, -0.1) is 4.98 Å². The number of hydrogen-bond donors (Lipinski definition) is 1. The minimum Gasteiger partial charge on any atom is -0.463 e. The molecule has 0 aromatic carbocycles. The molecule has 18 heavy (non-hydrogen) atoms. The standard InChI is InChI=1S/C12H22N4O2/c1-5-7-17-11-14-10(13-6-2)15-12(16-11)18-8-9(3)4/h9H,5-8H2,1-4H3,(H,13,14,15,16). The molecule has 6 heteroatoms. The molecule has 1 aromatic rings. The fourth-order valence-corrected chi connectivity index (χ4v) is 1.14. The van der Waals surface area contributed by atoms with Crippen LogP contribution >= 0.6 is 0 Å². The first-order chi connectivity index (χ1) is 8.65. The molecule has 0 unspecified atom stereocenters. The number of anilines is 1. The van der Waals surface area contributed by atoms with Crippen molar-refractivity contribution in [2.45, 2.75) is 34.1 Å². The third kappa shape index (κ3) is 5.16. The normalized spacial score (nSPS) is 10.5. The predicted octanol–water partition coefficient (Wildman–Crippen LogP) is 2.13. The Morgan fingerprint density at radius 1 is 1.06 bits per heavy atom. The molecule has 0 saturated carbocycles. The Morgan fingerprint density at radius 2 is 1.72 bits per heavy atom. The number of nitrogens with zero attached hydrogens (tertiary/aromatic N) is 3. The lowest BCUT2D eigenvalue weighted by atomic mass is 10.2. The number of rotatable bonds is 8. The first kappa shape index (κ1) is 14.5. The Kier molecular flexibility index (Phi) is 6.18. The minimum atomic E-state index is 0.306. The minimum absolute atomic E-state index is 0.306. The first-order valence-corrected chi connectivity index (χ1v) is 6.41. The van der Waals surface area contributed by atoms with E-state index in [1.54, 1.807) is 0 Å². The van der Waals surface area contributed by atoms with Gasteiger partial charge in [0, 0.05) is 6.54 Å². The van der Waals surface area contributed by atoms with Crippen LogP contribution in [0.3, 0.4) is 0 Å². The Balaban J connectivity index is 2.76. The maximum absolute atomic E-state index is 5.49. The highest BCUT2D eigenvalue weighted by atomic mass is 16.5. The van der Waals surface area contributed by atoms with Crippen LogP contribution in [-0.2, 0) is 0 Å². The summed E-state index contributed by atoms with van der Waals surface area (Å²) in [7, 11) is 0. The van der Waals surface area contributed by atoms with Gasteiger partial charge in [0.1, 0.15) is 0 Å². The quantitative estimate of drug-likeness (QED) is 0.766. The number of ether oxygens (including phenoxy) is 2. The van der Waals surface area contributed by atoms with Crippen LogP contribution in [0, 0.1) is 5.92 Å². The monoisotopic (exact) mass is 254 g/mol. The summed E-state index contributed by atoms with van der Waals surface area (Å²) in [5.41, 5.74) is 0. The van der Waals surface area contributed by atoms with Gasteiger partial charge >= 0.3 is 12.0 Å². The van der Waals surface area contributed by atoms with Gasteiger partial charge in [-0.2, -0.15) is 9.97 Å². The number of aromatic nitrogens is 3. The van der Waals surface area contributed by atoms with E-state index in [4.69, 9.17) is 9.47 Å². The summed E-state index contributed by atoms with van der Waals surface area (Å²) in [6, 6.07) is 0.613. The van der Waals surface area contributed by atoms with Gasteiger partial charge in [-0.1, -0.05) is 20.8 Å². The molecule has 0 amide bonds. The van der Waals surface area contributed by atoms with E-state index < -0.39 is 0 Å². The average molecular weight is 254 g/mol. The molecule has 0 fully saturated rings. The highest BCUT2D eigenvalue weighted by Crippen LogP contribution is 2.13. The molecule has 0 spiro atoms.